The Bertz CT molecular complexity index is 793. The maximum atomic E-state index is 12.4. The Hall–Kier alpha value is -2.93. The Morgan fingerprint density at radius 3 is 2.50 bits per heavy atom. The van der Waals surface area contributed by atoms with Crippen LogP contribution in [0.2, 0.25) is 0 Å². The van der Waals surface area contributed by atoms with Gasteiger partial charge in [-0.25, -0.2) is 4.79 Å². The SMILES string of the molecule is CC(C)(CO)NC(=O)c1ccc(NC(=O)N2Cc3ccncc3C2)cc1. The lowest BCUT2D eigenvalue weighted by Gasteiger charge is -2.23. The molecule has 0 saturated heterocycles. The zero-order chi connectivity index (χ0) is 18.7. The van der Waals surface area contributed by atoms with E-state index in [-0.39, 0.29) is 18.5 Å². The molecule has 0 unspecified atom stereocenters. The number of aliphatic hydroxyl groups is 1. The molecule has 0 spiro atoms. The topological polar surface area (TPSA) is 94.6 Å². The van der Waals surface area contributed by atoms with E-state index < -0.39 is 5.54 Å². The summed E-state index contributed by atoms with van der Waals surface area (Å²) < 4.78 is 0. The van der Waals surface area contributed by atoms with Crippen LogP contribution in [0.4, 0.5) is 10.5 Å². The Kier molecular flexibility index (Phi) is 4.90. The van der Waals surface area contributed by atoms with Gasteiger partial charge in [0.15, 0.2) is 0 Å². The van der Waals surface area contributed by atoms with Crippen LogP contribution < -0.4 is 10.6 Å². The number of carbonyl (C=O) groups is 2. The minimum absolute atomic E-state index is 0.152. The second-order valence-corrected chi connectivity index (χ2v) is 7.00. The molecule has 3 amide bonds. The van der Waals surface area contributed by atoms with Gasteiger partial charge in [-0.05, 0) is 55.3 Å². The first-order valence-corrected chi connectivity index (χ1v) is 8.39. The molecule has 1 aromatic carbocycles. The van der Waals surface area contributed by atoms with E-state index in [0.29, 0.717) is 24.3 Å². The van der Waals surface area contributed by atoms with Crippen molar-refractivity contribution >= 4 is 17.6 Å². The monoisotopic (exact) mass is 354 g/mol. The van der Waals surface area contributed by atoms with Gasteiger partial charge in [-0.1, -0.05) is 0 Å². The van der Waals surface area contributed by atoms with Crippen LogP contribution in [0.1, 0.15) is 35.3 Å². The summed E-state index contributed by atoms with van der Waals surface area (Å²) in [5, 5.41) is 14.8. The van der Waals surface area contributed by atoms with E-state index in [1.54, 1.807) is 55.4 Å². The fourth-order valence-electron chi connectivity index (χ4n) is 2.69. The van der Waals surface area contributed by atoms with E-state index in [0.717, 1.165) is 11.1 Å². The molecule has 0 bridgehead atoms. The third kappa shape index (κ3) is 4.00. The predicted molar refractivity (Wildman–Crippen MR) is 97.6 cm³/mol. The number of urea groups is 1. The summed E-state index contributed by atoms with van der Waals surface area (Å²) in [6.07, 6.45) is 3.51. The number of nitrogens with zero attached hydrogens (tertiary/aromatic N) is 2. The lowest BCUT2D eigenvalue weighted by Crippen LogP contribution is -2.46. The number of anilines is 1. The molecule has 0 atom stereocenters. The largest absolute Gasteiger partial charge is 0.394 e. The van der Waals surface area contributed by atoms with Crippen LogP contribution in [0.5, 0.6) is 0 Å². The smallest absolute Gasteiger partial charge is 0.322 e. The molecule has 136 valence electrons. The van der Waals surface area contributed by atoms with Crippen LogP contribution in [-0.4, -0.2) is 39.1 Å². The predicted octanol–water partition coefficient (Wildman–Crippen LogP) is 2.13. The van der Waals surface area contributed by atoms with Gasteiger partial charge in [0.25, 0.3) is 5.91 Å². The van der Waals surface area contributed by atoms with Gasteiger partial charge < -0.3 is 20.6 Å². The van der Waals surface area contributed by atoms with Gasteiger partial charge in [0.2, 0.25) is 0 Å². The summed E-state index contributed by atoms with van der Waals surface area (Å²) in [4.78, 5) is 30.4. The molecule has 1 aliphatic heterocycles. The molecule has 2 aromatic rings. The Morgan fingerprint density at radius 1 is 1.15 bits per heavy atom. The van der Waals surface area contributed by atoms with Gasteiger partial charge in [0, 0.05) is 36.7 Å². The lowest BCUT2D eigenvalue weighted by atomic mass is 10.1. The number of hydrogen-bond acceptors (Lipinski definition) is 4. The molecule has 26 heavy (non-hydrogen) atoms. The number of aromatic nitrogens is 1. The van der Waals surface area contributed by atoms with Crippen molar-refractivity contribution in [2.75, 3.05) is 11.9 Å². The number of amides is 3. The van der Waals surface area contributed by atoms with Crippen molar-refractivity contribution in [2.24, 2.45) is 0 Å². The highest BCUT2D eigenvalue weighted by molar-refractivity contribution is 5.96. The molecule has 1 aliphatic rings. The average molecular weight is 354 g/mol. The molecule has 0 saturated carbocycles. The quantitative estimate of drug-likeness (QED) is 0.784. The summed E-state index contributed by atoms with van der Waals surface area (Å²) >= 11 is 0. The highest BCUT2D eigenvalue weighted by atomic mass is 16.3. The Labute approximate surface area is 152 Å². The molecular formula is C19H22N4O3. The van der Waals surface area contributed by atoms with Gasteiger partial charge in [-0.15, -0.1) is 0 Å². The number of rotatable bonds is 4. The van der Waals surface area contributed by atoms with Gasteiger partial charge in [-0.3, -0.25) is 9.78 Å². The third-order valence-corrected chi connectivity index (χ3v) is 4.26. The zero-order valence-corrected chi connectivity index (χ0v) is 14.8. The minimum atomic E-state index is -0.691. The molecular weight excluding hydrogens is 332 g/mol. The number of aliphatic hydroxyl groups excluding tert-OH is 1. The van der Waals surface area contributed by atoms with Crippen LogP contribution in [0.3, 0.4) is 0 Å². The summed E-state index contributed by atoms with van der Waals surface area (Å²) in [6.45, 7) is 4.42. The van der Waals surface area contributed by atoms with Crippen LogP contribution in [-0.2, 0) is 13.1 Å². The van der Waals surface area contributed by atoms with E-state index in [2.05, 4.69) is 15.6 Å². The lowest BCUT2D eigenvalue weighted by molar-refractivity contribution is 0.0869. The van der Waals surface area contributed by atoms with Crippen LogP contribution in [0.15, 0.2) is 42.7 Å². The molecule has 7 heteroatoms. The molecule has 2 heterocycles. The Balaban J connectivity index is 1.60. The van der Waals surface area contributed by atoms with Gasteiger partial charge >= 0.3 is 6.03 Å². The molecule has 3 rings (SSSR count). The first-order valence-electron chi connectivity index (χ1n) is 8.39. The summed E-state index contributed by atoms with van der Waals surface area (Å²) in [5.41, 5.74) is 2.55. The van der Waals surface area contributed by atoms with Crippen molar-refractivity contribution in [3.05, 3.63) is 59.4 Å². The van der Waals surface area contributed by atoms with Crippen molar-refractivity contribution in [3.8, 4) is 0 Å². The van der Waals surface area contributed by atoms with Crippen molar-refractivity contribution in [1.82, 2.24) is 15.2 Å². The molecule has 0 aliphatic carbocycles. The molecule has 0 radical (unpaired) electrons. The zero-order valence-electron chi connectivity index (χ0n) is 14.8. The molecule has 7 nitrogen and oxygen atoms in total. The van der Waals surface area contributed by atoms with Crippen molar-refractivity contribution in [3.63, 3.8) is 0 Å². The average Bonchev–Trinajstić information content (AvgIpc) is 3.06. The van der Waals surface area contributed by atoms with Crippen LogP contribution in [0, 0.1) is 0 Å². The Morgan fingerprint density at radius 2 is 1.85 bits per heavy atom. The molecule has 0 fully saturated rings. The summed E-state index contributed by atoms with van der Waals surface area (Å²) in [7, 11) is 0. The molecule has 1 aromatic heterocycles. The first kappa shape index (κ1) is 17.9. The molecule has 3 N–H and O–H groups in total. The van der Waals surface area contributed by atoms with Crippen LogP contribution in [0.25, 0.3) is 0 Å². The fourth-order valence-corrected chi connectivity index (χ4v) is 2.69. The minimum Gasteiger partial charge on any atom is -0.394 e. The normalized spacial score (nSPS) is 13.3. The van der Waals surface area contributed by atoms with Gasteiger partial charge in [0.05, 0.1) is 12.1 Å². The van der Waals surface area contributed by atoms with E-state index >= 15 is 0 Å². The number of benzene rings is 1. The van der Waals surface area contributed by atoms with E-state index in [4.69, 9.17) is 0 Å². The standard InChI is InChI=1S/C19H22N4O3/c1-19(2,12-24)22-17(25)13-3-5-16(6-4-13)21-18(26)23-10-14-7-8-20-9-15(14)11-23/h3-9,24H,10-12H2,1-2H3,(H,21,26)(H,22,25). The van der Waals surface area contributed by atoms with E-state index in [9.17, 15) is 14.7 Å². The van der Waals surface area contributed by atoms with E-state index in [1.165, 1.54) is 0 Å². The fraction of sp³-hybridized carbons (Fsp3) is 0.316. The van der Waals surface area contributed by atoms with Crippen molar-refractivity contribution in [2.45, 2.75) is 32.5 Å². The summed E-state index contributed by atoms with van der Waals surface area (Å²) in [5.74, 6) is -0.274. The second-order valence-electron chi connectivity index (χ2n) is 7.00. The summed E-state index contributed by atoms with van der Waals surface area (Å²) in [6, 6.07) is 8.37. The number of fused-ring (bicyclic) bond motifs is 1. The van der Waals surface area contributed by atoms with Crippen molar-refractivity contribution < 1.29 is 14.7 Å². The second kappa shape index (κ2) is 7.13. The maximum absolute atomic E-state index is 12.4. The number of nitrogens with one attached hydrogen (secondary N) is 2. The van der Waals surface area contributed by atoms with Gasteiger partial charge in [-0.2, -0.15) is 0 Å². The third-order valence-electron chi connectivity index (χ3n) is 4.26. The van der Waals surface area contributed by atoms with E-state index in [1.807, 2.05) is 6.07 Å². The number of pyridine rings is 1. The number of hydrogen-bond donors (Lipinski definition) is 3. The number of carbonyl (C=O) groups excluding carboxylic acids is 2. The van der Waals surface area contributed by atoms with Gasteiger partial charge in [0.1, 0.15) is 0 Å². The van der Waals surface area contributed by atoms with Crippen LogP contribution >= 0.6 is 0 Å². The highest BCUT2D eigenvalue weighted by Gasteiger charge is 2.23. The van der Waals surface area contributed by atoms with Crippen molar-refractivity contribution in [1.29, 1.82) is 0 Å². The maximum Gasteiger partial charge on any atom is 0.322 e. The highest BCUT2D eigenvalue weighted by Crippen LogP contribution is 2.22. The first-order chi connectivity index (χ1) is 12.4.